The Morgan fingerprint density at radius 1 is 1.17 bits per heavy atom. The number of allylic oxidation sites excluding steroid dienone is 2. The van der Waals surface area contributed by atoms with Crippen LogP contribution in [0.4, 0.5) is 13.2 Å². The number of hydrogen-bond donors (Lipinski definition) is 1. The lowest BCUT2D eigenvalue weighted by Gasteiger charge is -2.17. The van der Waals surface area contributed by atoms with E-state index >= 15 is 0 Å². The van der Waals surface area contributed by atoms with Gasteiger partial charge in [0.15, 0.2) is 0 Å². The first-order valence-corrected chi connectivity index (χ1v) is 10.00. The molecule has 1 aromatic carbocycles. The minimum absolute atomic E-state index is 0.0796. The molecular weight excluding hydrogens is 419 g/mol. The van der Waals surface area contributed by atoms with Crippen LogP contribution in [0.15, 0.2) is 51.9 Å². The molecule has 10 heteroatoms. The van der Waals surface area contributed by atoms with Gasteiger partial charge in [-0.1, -0.05) is 30.4 Å². The topological polar surface area (TPSA) is 88.6 Å². The molecule has 2 aromatic rings. The molecule has 30 heavy (non-hydrogen) atoms. The summed E-state index contributed by atoms with van der Waals surface area (Å²) in [6.07, 6.45) is 1.92. The maximum absolute atomic E-state index is 12.7. The number of aryl methyl sites for hydroxylation is 1. The number of aliphatic imine (C=N–C) groups is 1. The molecule has 0 fully saturated rings. The highest BCUT2D eigenvalue weighted by Crippen LogP contribution is 2.36. The summed E-state index contributed by atoms with van der Waals surface area (Å²) in [6.45, 7) is 0. The fourth-order valence-electron chi connectivity index (χ4n) is 3.16. The Kier molecular flexibility index (Phi) is 5.50. The Labute approximate surface area is 173 Å². The van der Waals surface area contributed by atoms with Crippen molar-refractivity contribution in [1.82, 2.24) is 10.2 Å². The molecule has 1 aliphatic carbocycles. The van der Waals surface area contributed by atoms with Crippen molar-refractivity contribution in [3.8, 4) is 0 Å². The van der Waals surface area contributed by atoms with E-state index < -0.39 is 17.7 Å². The highest BCUT2D eigenvalue weighted by Gasteiger charge is 2.32. The smallest absolute Gasteiger partial charge is 0.416 e. The van der Waals surface area contributed by atoms with Crippen molar-refractivity contribution < 1.29 is 27.5 Å². The van der Waals surface area contributed by atoms with Crippen LogP contribution in [0, 0.1) is 0 Å². The van der Waals surface area contributed by atoms with Gasteiger partial charge >= 0.3 is 12.1 Å². The zero-order valence-corrected chi connectivity index (χ0v) is 16.3. The van der Waals surface area contributed by atoms with Crippen LogP contribution in [-0.2, 0) is 23.8 Å². The molecule has 2 aliphatic rings. The SMILES string of the molecule is O=C(O)CCc1nnc(CC2=NC3C=C(c4ccc(C(F)(F)F)cc4)C=CC3S2)o1. The van der Waals surface area contributed by atoms with Crippen molar-refractivity contribution in [2.75, 3.05) is 0 Å². The summed E-state index contributed by atoms with van der Waals surface area (Å²) in [7, 11) is 0. The van der Waals surface area contributed by atoms with Crippen LogP contribution in [0.5, 0.6) is 0 Å². The van der Waals surface area contributed by atoms with Crippen molar-refractivity contribution in [2.45, 2.75) is 36.7 Å². The summed E-state index contributed by atoms with van der Waals surface area (Å²) in [5.74, 6) is -0.286. The summed E-state index contributed by atoms with van der Waals surface area (Å²) in [4.78, 5) is 15.3. The van der Waals surface area contributed by atoms with Gasteiger partial charge in [-0.15, -0.1) is 22.0 Å². The van der Waals surface area contributed by atoms with Gasteiger partial charge in [-0.3, -0.25) is 9.79 Å². The van der Waals surface area contributed by atoms with E-state index in [0.717, 1.165) is 22.7 Å². The van der Waals surface area contributed by atoms with Crippen molar-refractivity contribution in [1.29, 1.82) is 0 Å². The molecule has 1 N–H and O–H groups in total. The minimum atomic E-state index is -4.36. The highest BCUT2D eigenvalue weighted by molar-refractivity contribution is 8.14. The molecule has 1 aromatic heterocycles. The van der Waals surface area contributed by atoms with Gasteiger partial charge in [0, 0.05) is 6.42 Å². The summed E-state index contributed by atoms with van der Waals surface area (Å²) in [5.41, 5.74) is 0.846. The van der Waals surface area contributed by atoms with Gasteiger partial charge in [-0.2, -0.15) is 13.2 Å². The van der Waals surface area contributed by atoms with Crippen LogP contribution in [-0.4, -0.2) is 37.6 Å². The van der Waals surface area contributed by atoms with E-state index in [1.165, 1.54) is 12.1 Å². The third-order valence-electron chi connectivity index (χ3n) is 4.63. The molecule has 2 heterocycles. The zero-order valence-electron chi connectivity index (χ0n) is 15.5. The molecule has 1 aliphatic heterocycles. The van der Waals surface area contributed by atoms with Gasteiger partial charge in [0.05, 0.1) is 34.7 Å². The number of benzene rings is 1. The van der Waals surface area contributed by atoms with Crippen LogP contribution >= 0.6 is 11.8 Å². The number of carbonyl (C=O) groups is 1. The molecule has 0 spiro atoms. The monoisotopic (exact) mass is 435 g/mol. The first-order chi connectivity index (χ1) is 14.3. The van der Waals surface area contributed by atoms with E-state index in [-0.39, 0.29) is 30.0 Å². The van der Waals surface area contributed by atoms with Crippen LogP contribution in [0.3, 0.4) is 0 Å². The summed E-state index contributed by atoms with van der Waals surface area (Å²) in [6, 6.07) is 4.95. The maximum Gasteiger partial charge on any atom is 0.416 e. The summed E-state index contributed by atoms with van der Waals surface area (Å²) >= 11 is 1.57. The van der Waals surface area contributed by atoms with Gasteiger partial charge in [0.1, 0.15) is 0 Å². The molecule has 0 saturated heterocycles. The highest BCUT2D eigenvalue weighted by atomic mass is 32.2. The predicted octanol–water partition coefficient (Wildman–Crippen LogP) is 4.18. The number of aliphatic carboxylic acids is 1. The minimum Gasteiger partial charge on any atom is -0.481 e. The van der Waals surface area contributed by atoms with E-state index in [4.69, 9.17) is 9.52 Å². The fraction of sp³-hybridized carbons (Fsp3) is 0.300. The van der Waals surface area contributed by atoms with Crippen molar-refractivity contribution in [3.63, 3.8) is 0 Å². The fourth-order valence-corrected chi connectivity index (χ4v) is 4.30. The van der Waals surface area contributed by atoms with E-state index in [9.17, 15) is 18.0 Å². The molecular formula is C20H16F3N3O3S. The van der Waals surface area contributed by atoms with Crippen LogP contribution in [0.1, 0.15) is 29.3 Å². The van der Waals surface area contributed by atoms with Crippen LogP contribution in [0.2, 0.25) is 0 Å². The van der Waals surface area contributed by atoms with E-state index in [0.29, 0.717) is 17.9 Å². The van der Waals surface area contributed by atoms with Gasteiger partial charge in [-0.25, -0.2) is 0 Å². The van der Waals surface area contributed by atoms with Crippen molar-refractivity contribution in [2.24, 2.45) is 4.99 Å². The average molecular weight is 435 g/mol. The number of carboxylic acids is 1. The van der Waals surface area contributed by atoms with Crippen molar-refractivity contribution in [3.05, 3.63) is 65.4 Å². The molecule has 2 atom stereocenters. The van der Waals surface area contributed by atoms with Crippen LogP contribution < -0.4 is 0 Å². The van der Waals surface area contributed by atoms with Gasteiger partial charge < -0.3 is 9.52 Å². The Bertz CT molecular complexity index is 1040. The van der Waals surface area contributed by atoms with E-state index in [1.54, 1.807) is 11.8 Å². The van der Waals surface area contributed by atoms with Crippen LogP contribution in [0.25, 0.3) is 5.57 Å². The number of hydrogen-bond acceptors (Lipinski definition) is 6. The lowest BCUT2D eigenvalue weighted by atomic mass is 9.96. The third kappa shape index (κ3) is 4.64. The Morgan fingerprint density at radius 2 is 1.90 bits per heavy atom. The molecule has 156 valence electrons. The standard InChI is InChI=1S/C20H16F3N3O3S/c21-20(22,23)13-4-1-11(2-5-13)12-3-6-15-14(9-12)24-18(30-15)10-17-26-25-16(29-17)7-8-19(27)28/h1-6,9,14-15H,7-8,10H2,(H,27,28). The average Bonchev–Trinajstić information content (AvgIpc) is 3.31. The number of alkyl halides is 3. The summed E-state index contributed by atoms with van der Waals surface area (Å²) in [5, 5.41) is 17.4. The lowest BCUT2D eigenvalue weighted by molar-refractivity contribution is -0.138. The summed E-state index contributed by atoms with van der Waals surface area (Å²) < 4.78 is 43.7. The predicted molar refractivity (Wildman–Crippen MR) is 105 cm³/mol. The molecule has 0 saturated carbocycles. The van der Waals surface area contributed by atoms with Crippen molar-refractivity contribution >= 4 is 28.3 Å². The molecule has 4 rings (SSSR count). The van der Waals surface area contributed by atoms with E-state index in [2.05, 4.69) is 15.2 Å². The Morgan fingerprint density at radius 3 is 2.60 bits per heavy atom. The second-order valence-corrected chi connectivity index (χ2v) is 8.06. The number of nitrogens with zero attached hydrogens (tertiary/aromatic N) is 3. The lowest BCUT2D eigenvalue weighted by Crippen LogP contribution is -2.15. The second-order valence-electron chi connectivity index (χ2n) is 6.81. The molecule has 0 bridgehead atoms. The Hall–Kier alpha value is -2.88. The molecule has 2 unspecified atom stereocenters. The Balaban J connectivity index is 1.43. The van der Waals surface area contributed by atoms with Gasteiger partial charge in [0.2, 0.25) is 11.8 Å². The third-order valence-corrected chi connectivity index (χ3v) is 5.86. The molecule has 0 amide bonds. The number of fused-ring (bicyclic) bond motifs is 1. The first kappa shape index (κ1) is 20.4. The number of thioether (sulfide) groups is 1. The number of halogens is 3. The maximum atomic E-state index is 12.7. The van der Waals surface area contributed by atoms with Gasteiger partial charge in [0.25, 0.3) is 0 Å². The normalized spacial score (nSPS) is 20.6. The second kappa shape index (κ2) is 8.10. The quantitative estimate of drug-likeness (QED) is 0.732. The zero-order chi connectivity index (χ0) is 21.3. The largest absolute Gasteiger partial charge is 0.481 e. The van der Waals surface area contributed by atoms with E-state index in [1.807, 2.05) is 18.2 Å². The number of aromatic nitrogens is 2. The molecule has 0 radical (unpaired) electrons. The van der Waals surface area contributed by atoms with Gasteiger partial charge in [-0.05, 0) is 23.3 Å². The first-order valence-electron chi connectivity index (χ1n) is 9.12. The molecule has 6 nitrogen and oxygen atoms in total. The number of rotatable bonds is 6. The number of carboxylic acid groups (broad SMARTS) is 1.